The fourth-order valence-electron chi connectivity index (χ4n) is 2.24. The molecule has 110 valence electrons. The Kier molecular flexibility index (Phi) is 3.74. The quantitative estimate of drug-likeness (QED) is 0.655. The van der Waals surface area contributed by atoms with Crippen molar-refractivity contribution in [3.05, 3.63) is 44.6 Å². The van der Waals surface area contributed by atoms with Gasteiger partial charge in [0.1, 0.15) is 11.6 Å². The van der Waals surface area contributed by atoms with Crippen molar-refractivity contribution in [3.8, 4) is 0 Å². The summed E-state index contributed by atoms with van der Waals surface area (Å²) in [6, 6.07) is 7.56. The normalized spacial score (nSPS) is 14.0. The molecule has 2 aromatic rings. The second-order valence-corrected chi connectivity index (χ2v) is 6.05. The molecule has 2 heterocycles. The van der Waals surface area contributed by atoms with Crippen molar-refractivity contribution in [1.29, 1.82) is 0 Å². The molecule has 3 rings (SSSR count). The fraction of sp³-hybridized carbons (Fsp3) is 0.357. The van der Waals surface area contributed by atoms with Gasteiger partial charge < -0.3 is 10.2 Å². The number of nitrogens with zero attached hydrogens (tertiary/aromatic N) is 3. The van der Waals surface area contributed by atoms with Crippen LogP contribution in [0.15, 0.2) is 29.6 Å². The monoisotopic (exact) mass is 304 g/mol. The number of nitro groups is 1. The molecule has 0 amide bonds. The molecule has 0 atom stereocenters. The lowest BCUT2D eigenvalue weighted by molar-refractivity contribution is -0.384. The van der Waals surface area contributed by atoms with Crippen molar-refractivity contribution >= 4 is 28.7 Å². The van der Waals surface area contributed by atoms with Crippen molar-refractivity contribution in [1.82, 2.24) is 4.98 Å². The molecule has 21 heavy (non-hydrogen) atoms. The van der Waals surface area contributed by atoms with Gasteiger partial charge in [-0.15, -0.1) is 11.3 Å². The highest BCUT2D eigenvalue weighted by Gasteiger charge is 2.31. The minimum absolute atomic E-state index is 0.0705. The predicted octanol–water partition coefficient (Wildman–Crippen LogP) is 3.26. The van der Waals surface area contributed by atoms with Crippen LogP contribution in [0, 0.1) is 10.1 Å². The van der Waals surface area contributed by atoms with Crippen molar-refractivity contribution in [2.24, 2.45) is 0 Å². The third-order valence-corrected chi connectivity index (χ3v) is 4.31. The van der Waals surface area contributed by atoms with Gasteiger partial charge in [0.15, 0.2) is 0 Å². The molecule has 0 unspecified atom stereocenters. The van der Waals surface area contributed by atoms with Crippen LogP contribution in [0.2, 0.25) is 0 Å². The van der Waals surface area contributed by atoms with E-state index in [0.29, 0.717) is 17.7 Å². The molecule has 1 aliphatic carbocycles. The number of thiophene rings is 1. The molecule has 1 fully saturated rings. The molecular formula is C14H16N4O2S. The molecule has 0 spiro atoms. The smallest absolute Gasteiger partial charge is 0.276 e. The van der Waals surface area contributed by atoms with Crippen LogP contribution in [0.25, 0.3) is 0 Å². The fourth-order valence-corrected chi connectivity index (χ4v) is 2.94. The van der Waals surface area contributed by atoms with Gasteiger partial charge in [-0.05, 0) is 24.3 Å². The predicted molar refractivity (Wildman–Crippen MR) is 84.0 cm³/mol. The summed E-state index contributed by atoms with van der Waals surface area (Å²) in [6.07, 6.45) is 2.23. The molecule has 0 radical (unpaired) electrons. The summed E-state index contributed by atoms with van der Waals surface area (Å²) in [4.78, 5) is 18.6. The average molecular weight is 304 g/mol. The van der Waals surface area contributed by atoms with Gasteiger partial charge >= 0.3 is 0 Å². The molecule has 1 N–H and O–H groups in total. The van der Waals surface area contributed by atoms with Crippen LogP contribution in [0.5, 0.6) is 0 Å². The Labute approximate surface area is 126 Å². The van der Waals surface area contributed by atoms with Crippen LogP contribution in [0.3, 0.4) is 0 Å². The van der Waals surface area contributed by atoms with Crippen LogP contribution in [0.4, 0.5) is 17.3 Å². The van der Waals surface area contributed by atoms with Crippen molar-refractivity contribution < 1.29 is 4.92 Å². The first-order valence-corrected chi connectivity index (χ1v) is 7.68. The first-order valence-electron chi connectivity index (χ1n) is 6.80. The average Bonchev–Trinajstić information content (AvgIpc) is 3.20. The van der Waals surface area contributed by atoms with E-state index in [1.165, 1.54) is 10.9 Å². The molecule has 7 heteroatoms. The van der Waals surface area contributed by atoms with Crippen LogP contribution in [-0.4, -0.2) is 23.0 Å². The summed E-state index contributed by atoms with van der Waals surface area (Å²) < 4.78 is 0. The molecule has 6 nitrogen and oxygen atoms in total. The van der Waals surface area contributed by atoms with Crippen molar-refractivity contribution in [2.75, 3.05) is 17.3 Å². The van der Waals surface area contributed by atoms with Crippen molar-refractivity contribution in [3.63, 3.8) is 0 Å². The highest BCUT2D eigenvalue weighted by atomic mass is 32.1. The maximum Gasteiger partial charge on any atom is 0.276 e. The molecule has 0 aromatic carbocycles. The van der Waals surface area contributed by atoms with Gasteiger partial charge in [-0.1, -0.05) is 6.07 Å². The molecule has 0 saturated heterocycles. The SMILES string of the molecule is CNc1cc([N+](=O)[O-])cc(N(Cc2cccs2)C2CC2)n1. The van der Waals surface area contributed by atoms with Gasteiger partial charge in [0, 0.05) is 18.0 Å². The van der Waals surface area contributed by atoms with Gasteiger partial charge in [0.05, 0.1) is 23.6 Å². The second-order valence-electron chi connectivity index (χ2n) is 5.01. The van der Waals surface area contributed by atoms with Gasteiger partial charge in [-0.25, -0.2) is 4.98 Å². The molecule has 1 saturated carbocycles. The number of anilines is 2. The zero-order valence-corrected chi connectivity index (χ0v) is 12.5. The molecule has 2 aromatic heterocycles. The Hall–Kier alpha value is -2.15. The zero-order chi connectivity index (χ0) is 14.8. The maximum atomic E-state index is 11.1. The van der Waals surface area contributed by atoms with E-state index in [9.17, 15) is 10.1 Å². The van der Waals surface area contributed by atoms with E-state index in [2.05, 4.69) is 21.3 Å². The van der Waals surface area contributed by atoms with Crippen molar-refractivity contribution in [2.45, 2.75) is 25.4 Å². The number of hydrogen-bond acceptors (Lipinski definition) is 6. The minimum Gasteiger partial charge on any atom is -0.373 e. The summed E-state index contributed by atoms with van der Waals surface area (Å²) >= 11 is 1.69. The van der Waals surface area contributed by atoms with E-state index < -0.39 is 0 Å². The number of hydrogen-bond donors (Lipinski definition) is 1. The summed E-state index contributed by atoms with van der Waals surface area (Å²) in [5.74, 6) is 1.19. The third-order valence-electron chi connectivity index (χ3n) is 3.45. The van der Waals surface area contributed by atoms with Crippen LogP contribution in [0.1, 0.15) is 17.7 Å². The Morgan fingerprint density at radius 1 is 1.52 bits per heavy atom. The number of aromatic nitrogens is 1. The van der Waals surface area contributed by atoms with E-state index in [-0.39, 0.29) is 10.6 Å². The second kappa shape index (κ2) is 5.69. The zero-order valence-electron chi connectivity index (χ0n) is 11.7. The Morgan fingerprint density at radius 2 is 2.33 bits per heavy atom. The van der Waals surface area contributed by atoms with Crippen LogP contribution >= 0.6 is 11.3 Å². The third kappa shape index (κ3) is 3.13. The topological polar surface area (TPSA) is 71.3 Å². The molecule has 0 bridgehead atoms. The molecular weight excluding hydrogens is 288 g/mol. The summed E-state index contributed by atoms with van der Waals surface area (Å²) in [5, 5.41) is 16.0. The molecule has 0 aliphatic heterocycles. The van der Waals surface area contributed by atoms with Gasteiger partial charge in [-0.2, -0.15) is 0 Å². The van der Waals surface area contributed by atoms with Gasteiger partial charge in [0.2, 0.25) is 0 Å². The van der Waals surface area contributed by atoms with E-state index >= 15 is 0 Å². The van der Waals surface area contributed by atoms with E-state index in [1.807, 2.05) is 11.4 Å². The lowest BCUT2D eigenvalue weighted by atomic mass is 10.3. The Bertz CT molecular complexity index is 640. The summed E-state index contributed by atoms with van der Waals surface area (Å²) in [6.45, 7) is 0.750. The number of nitrogens with one attached hydrogen (secondary N) is 1. The van der Waals surface area contributed by atoms with E-state index in [1.54, 1.807) is 24.5 Å². The summed E-state index contributed by atoms with van der Waals surface area (Å²) in [5.41, 5.74) is 0.0705. The highest BCUT2D eigenvalue weighted by Crippen LogP contribution is 2.35. The lowest BCUT2D eigenvalue weighted by Crippen LogP contribution is -2.25. The van der Waals surface area contributed by atoms with Crippen LogP contribution in [-0.2, 0) is 6.54 Å². The Balaban J connectivity index is 1.94. The number of pyridine rings is 1. The van der Waals surface area contributed by atoms with E-state index in [0.717, 1.165) is 19.4 Å². The Morgan fingerprint density at radius 3 is 2.90 bits per heavy atom. The minimum atomic E-state index is -0.373. The maximum absolute atomic E-state index is 11.1. The van der Waals surface area contributed by atoms with Crippen LogP contribution < -0.4 is 10.2 Å². The number of rotatable bonds is 6. The largest absolute Gasteiger partial charge is 0.373 e. The highest BCUT2D eigenvalue weighted by molar-refractivity contribution is 7.09. The lowest BCUT2D eigenvalue weighted by Gasteiger charge is -2.23. The van der Waals surface area contributed by atoms with Gasteiger partial charge in [-0.3, -0.25) is 10.1 Å². The summed E-state index contributed by atoms with van der Waals surface area (Å²) in [7, 11) is 1.72. The first kappa shape index (κ1) is 13.8. The molecule has 1 aliphatic rings. The van der Waals surface area contributed by atoms with Gasteiger partial charge in [0.25, 0.3) is 5.69 Å². The first-order chi connectivity index (χ1) is 10.2. The van der Waals surface area contributed by atoms with E-state index in [4.69, 9.17) is 0 Å². The standard InChI is InChI=1S/C14H16N4O2S/c1-15-13-7-11(18(19)20)8-14(16-13)17(10-4-5-10)9-12-3-2-6-21-12/h2-3,6-8,10H,4-5,9H2,1H3,(H,15,16).